The first-order valence-corrected chi connectivity index (χ1v) is 10.4. The van der Waals surface area contributed by atoms with Crippen molar-refractivity contribution in [2.45, 2.75) is 13.0 Å². The van der Waals surface area contributed by atoms with Gasteiger partial charge in [-0.1, -0.05) is 0 Å². The zero-order valence-corrected chi connectivity index (χ0v) is 17.4. The number of anilines is 1. The third-order valence-electron chi connectivity index (χ3n) is 4.51. The fourth-order valence-corrected chi connectivity index (χ4v) is 4.90. The van der Waals surface area contributed by atoms with Gasteiger partial charge in [-0.2, -0.15) is 0 Å². The van der Waals surface area contributed by atoms with Crippen LogP contribution >= 0.6 is 22.7 Å². The molecular weight excluding hydrogens is 396 g/mol. The standard InChI is InChI=1S/C19H20N4O3S2/c1-23-7-6-12-16(9-23)28-19(21-12)22-17(24)13-10-27-18(20-13)11-4-5-14(25-2)15(8-11)26-3/h4-5,8,10H,6-7,9H2,1-3H3,(H,21,22,24). The fraction of sp³-hybridized carbons (Fsp3) is 0.316. The summed E-state index contributed by atoms with van der Waals surface area (Å²) in [4.78, 5) is 25.1. The number of aromatic nitrogens is 2. The minimum absolute atomic E-state index is 0.248. The van der Waals surface area contributed by atoms with Crippen LogP contribution in [-0.4, -0.2) is 48.6 Å². The normalized spacial score (nSPS) is 13.8. The number of hydrogen-bond acceptors (Lipinski definition) is 8. The molecule has 1 aliphatic rings. The SMILES string of the molecule is COc1ccc(-c2nc(C(=O)Nc3nc4c(s3)CN(C)CC4)cs2)cc1OC. The van der Waals surface area contributed by atoms with Crippen LogP contribution in [-0.2, 0) is 13.0 Å². The molecule has 1 aliphatic heterocycles. The van der Waals surface area contributed by atoms with Crippen molar-refractivity contribution in [2.75, 3.05) is 33.1 Å². The van der Waals surface area contributed by atoms with Crippen LogP contribution in [0.4, 0.5) is 5.13 Å². The molecule has 3 heterocycles. The molecule has 3 aromatic rings. The number of carbonyl (C=O) groups is 1. The Morgan fingerprint density at radius 1 is 1.21 bits per heavy atom. The van der Waals surface area contributed by atoms with E-state index in [-0.39, 0.29) is 5.91 Å². The zero-order valence-electron chi connectivity index (χ0n) is 15.8. The van der Waals surface area contributed by atoms with Gasteiger partial charge in [-0.15, -0.1) is 22.7 Å². The number of likely N-dealkylation sites (N-methyl/N-ethyl adjacent to an activating group) is 1. The van der Waals surface area contributed by atoms with E-state index in [1.807, 2.05) is 18.2 Å². The van der Waals surface area contributed by atoms with Crippen LogP contribution in [0.25, 0.3) is 10.6 Å². The number of benzene rings is 1. The third kappa shape index (κ3) is 3.73. The molecule has 0 fully saturated rings. The zero-order chi connectivity index (χ0) is 19.7. The second kappa shape index (κ2) is 7.86. The number of carbonyl (C=O) groups excluding carboxylic acids is 1. The number of rotatable bonds is 5. The Bertz CT molecular complexity index is 1010. The highest BCUT2D eigenvalue weighted by molar-refractivity contribution is 7.16. The van der Waals surface area contributed by atoms with Crippen molar-refractivity contribution >= 4 is 33.7 Å². The summed E-state index contributed by atoms with van der Waals surface area (Å²) in [5.74, 6) is 1.03. The summed E-state index contributed by atoms with van der Waals surface area (Å²) < 4.78 is 10.6. The molecule has 4 rings (SSSR count). The lowest BCUT2D eigenvalue weighted by molar-refractivity contribution is 0.102. The van der Waals surface area contributed by atoms with Crippen molar-refractivity contribution in [3.8, 4) is 22.1 Å². The molecule has 0 spiro atoms. The number of hydrogen-bond donors (Lipinski definition) is 1. The van der Waals surface area contributed by atoms with Crippen LogP contribution in [0, 0.1) is 0 Å². The molecule has 2 aromatic heterocycles. The van der Waals surface area contributed by atoms with Crippen molar-refractivity contribution in [2.24, 2.45) is 0 Å². The van der Waals surface area contributed by atoms with Crippen molar-refractivity contribution < 1.29 is 14.3 Å². The predicted octanol–water partition coefficient (Wildman–Crippen LogP) is 3.52. The van der Waals surface area contributed by atoms with E-state index in [4.69, 9.17) is 9.47 Å². The highest BCUT2D eigenvalue weighted by atomic mass is 32.1. The van der Waals surface area contributed by atoms with Gasteiger partial charge in [0.05, 0.1) is 19.9 Å². The highest BCUT2D eigenvalue weighted by Gasteiger charge is 2.20. The van der Waals surface area contributed by atoms with E-state index in [2.05, 4.69) is 27.2 Å². The van der Waals surface area contributed by atoms with Crippen molar-refractivity contribution in [3.63, 3.8) is 0 Å². The average Bonchev–Trinajstić information content (AvgIpc) is 3.34. The quantitative estimate of drug-likeness (QED) is 0.686. The molecule has 1 N–H and O–H groups in total. The summed E-state index contributed by atoms with van der Waals surface area (Å²) >= 11 is 2.94. The maximum absolute atomic E-state index is 12.6. The molecule has 0 saturated heterocycles. The number of methoxy groups -OCH3 is 2. The fourth-order valence-electron chi connectivity index (χ4n) is 3.02. The maximum Gasteiger partial charge on any atom is 0.276 e. The first kappa shape index (κ1) is 18.9. The number of ether oxygens (including phenoxy) is 2. The second-order valence-electron chi connectivity index (χ2n) is 6.44. The van der Waals surface area contributed by atoms with Crippen LogP contribution in [0.15, 0.2) is 23.6 Å². The van der Waals surface area contributed by atoms with Gasteiger partial charge < -0.3 is 14.4 Å². The van der Waals surface area contributed by atoms with Crippen LogP contribution < -0.4 is 14.8 Å². The van der Waals surface area contributed by atoms with Gasteiger partial charge in [-0.25, -0.2) is 9.97 Å². The van der Waals surface area contributed by atoms with Gasteiger partial charge in [0, 0.05) is 35.3 Å². The van der Waals surface area contributed by atoms with Crippen molar-refractivity contribution in [3.05, 3.63) is 39.8 Å². The first-order valence-electron chi connectivity index (χ1n) is 8.73. The monoisotopic (exact) mass is 416 g/mol. The number of thiazole rings is 2. The van der Waals surface area contributed by atoms with Gasteiger partial charge in [0.2, 0.25) is 0 Å². The van der Waals surface area contributed by atoms with Crippen LogP contribution in [0.3, 0.4) is 0 Å². The molecule has 0 saturated carbocycles. The minimum Gasteiger partial charge on any atom is -0.493 e. The summed E-state index contributed by atoms with van der Waals surface area (Å²) in [5, 5.41) is 6.01. The third-order valence-corrected chi connectivity index (χ3v) is 6.40. The molecule has 28 heavy (non-hydrogen) atoms. The van der Waals surface area contributed by atoms with E-state index in [9.17, 15) is 4.79 Å². The molecule has 0 atom stereocenters. The van der Waals surface area contributed by atoms with Gasteiger partial charge in [-0.3, -0.25) is 10.1 Å². The molecule has 9 heteroatoms. The lowest BCUT2D eigenvalue weighted by atomic mass is 10.2. The number of nitrogens with zero attached hydrogens (tertiary/aromatic N) is 3. The largest absolute Gasteiger partial charge is 0.493 e. The Morgan fingerprint density at radius 2 is 2.04 bits per heavy atom. The smallest absolute Gasteiger partial charge is 0.276 e. The summed E-state index contributed by atoms with van der Waals surface area (Å²) in [6.07, 6.45) is 0.915. The Balaban J connectivity index is 1.51. The number of nitrogens with one attached hydrogen (secondary N) is 1. The molecule has 1 aromatic carbocycles. The highest BCUT2D eigenvalue weighted by Crippen LogP contribution is 2.34. The van der Waals surface area contributed by atoms with Gasteiger partial charge >= 0.3 is 0 Å². The predicted molar refractivity (Wildman–Crippen MR) is 111 cm³/mol. The lowest BCUT2D eigenvalue weighted by Crippen LogP contribution is -2.25. The molecule has 0 bridgehead atoms. The number of fused-ring (bicyclic) bond motifs is 1. The van der Waals surface area contributed by atoms with Crippen LogP contribution in [0.2, 0.25) is 0 Å². The van der Waals surface area contributed by atoms with Crippen LogP contribution in [0.1, 0.15) is 21.1 Å². The maximum atomic E-state index is 12.6. The van der Waals surface area contributed by atoms with Crippen molar-refractivity contribution in [1.82, 2.24) is 14.9 Å². The van der Waals surface area contributed by atoms with E-state index in [0.717, 1.165) is 35.8 Å². The van der Waals surface area contributed by atoms with Crippen molar-refractivity contribution in [1.29, 1.82) is 0 Å². The van der Waals surface area contributed by atoms with Gasteiger partial charge in [0.15, 0.2) is 16.6 Å². The number of amides is 1. The molecule has 7 nitrogen and oxygen atoms in total. The van der Waals surface area contributed by atoms with E-state index in [0.29, 0.717) is 22.3 Å². The van der Waals surface area contributed by atoms with Gasteiger partial charge in [0.1, 0.15) is 10.7 Å². The lowest BCUT2D eigenvalue weighted by Gasteiger charge is -2.20. The van der Waals surface area contributed by atoms with Gasteiger partial charge in [0.25, 0.3) is 5.91 Å². The summed E-state index contributed by atoms with van der Waals surface area (Å²) in [5.41, 5.74) is 2.33. The Hall–Kier alpha value is -2.49. The van der Waals surface area contributed by atoms with E-state index >= 15 is 0 Å². The first-order chi connectivity index (χ1) is 13.6. The van der Waals surface area contributed by atoms with Gasteiger partial charge in [-0.05, 0) is 25.2 Å². The molecule has 0 radical (unpaired) electrons. The van der Waals surface area contributed by atoms with E-state index < -0.39 is 0 Å². The Kier molecular flexibility index (Phi) is 5.29. The molecular formula is C19H20N4O3S2. The minimum atomic E-state index is -0.248. The summed E-state index contributed by atoms with van der Waals surface area (Å²) in [6.45, 7) is 1.87. The van der Waals surface area contributed by atoms with E-state index in [1.165, 1.54) is 27.6 Å². The molecule has 0 aliphatic carbocycles. The second-order valence-corrected chi connectivity index (χ2v) is 8.38. The molecule has 146 valence electrons. The topological polar surface area (TPSA) is 76.6 Å². The summed E-state index contributed by atoms with van der Waals surface area (Å²) in [6, 6.07) is 5.57. The Morgan fingerprint density at radius 3 is 2.82 bits per heavy atom. The van der Waals surface area contributed by atoms with E-state index in [1.54, 1.807) is 19.6 Å². The Labute approximate surface area is 171 Å². The molecule has 1 amide bonds. The van der Waals surface area contributed by atoms with Crippen LogP contribution in [0.5, 0.6) is 11.5 Å². The average molecular weight is 417 g/mol. The summed E-state index contributed by atoms with van der Waals surface area (Å²) in [7, 11) is 5.28. The molecule has 0 unspecified atom stereocenters.